The zero-order valence-electron chi connectivity index (χ0n) is 16.1. The largest absolute Gasteiger partial charge is 0.323 e. The molecule has 0 spiro atoms. The molecule has 3 aromatic rings. The molecule has 1 fully saturated rings. The van der Waals surface area contributed by atoms with Crippen molar-refractivity contribution in [2.24, 2.45) is 0 Å². The smallest absolute Gasteiger partial charge is 0.244 e. The second-order valence-corrected chi connectivity index (χ2v) is 10.5. The first-order valence-corrected chi connectivity index (χ1v) is 12.2. The molecule has 0 bridgehead atoms. The fourth-order valence-electron chi connectivity index (χ4n) is 3.54. The van der Waals surface area contributed by atoms with Crippen molar-refractivity contribution >= 4 is 54.8 Å². The fourth-order valence-corrected chi connectivity index (χ4v) is 6.16. The number of sulfonamides is 1. The van der Waals surface area contributed by atoms with Gasteiger partial charge >= 0.3 is 0 Å². The van der Waals surface area contributed by atoms with Crippen molar-refractivity contribution in [2.75, 3.05) is 18.4 Å². The number of nitrogens with zero attached hydrogens (tertiary/aromatic N) is 2. The molecule has 2 heterocycles. The average Bonchev–Trinajstić information content (AvgIpc) is 3.05. The van der Waals surface area contributed by atoms with Crippen LogP contribution in [-0.2, 0) is 21.4 Å². The van der Waals surface area contributed by atoms with E-state index in [-0.39, 0.29) is 32.9 Å². The molecule has 1 saturated heterocycles. The van der Waals surface area contributed by atoms with Gasteiger partial charge in [0.15, 0.2) is 4.80 Å². The molecule has 158 valence electrons. The minimum atomic E-state index is -3.63. The molecular weight excluding hydrogens is 444 g/mol. The Bertz CT molecular complexity index is 1260. The maximum atomic E-state index is 12.9. The van der Waals surface area contributed by atoms with E-state index in [0.717, 1.165) is 29.5 Å². The normalized spacial score (nSPS) is 15.4. The lowest BCUT2D eigenvalue weighted by molar-refractivity contribution is -0.116. The highest BCUT2D eigenvalue weighted by Crippen LogP contribution is 2.28. The van der Waals surface area contributed by atoms with Crippen molar-refractivity contribution < 1.29 is 13.2 Å². The van der Waals surface area contributed by atoms with Crippen LogP contribution in [0.15, 0.2) is 47.4 Å². The molecule has 1 aliphatic heterocycles. The summed E-state index contributed by atoms with van der Waals surface area (Å²) in [7, 11) is -3.63. The van der Waals surface area contributed by atoms with Gasteiger partial charge in [-0.3, -0.25) is 10.2 Å². The van der Waals surface area contributed by atoms with Crippen LogP contribution in [0, 0.1) is 5.41 Å². The number of anilines is 1. The molecule has 0 saturated carbocycles. The van der Waals surface area contributed by atoms with Gasteiger partial charge in [0.25, 0.3) is 0 Å². The summed E-state index contributed by atoms with van der Waals surface area (Å²) in [6.07, 6.45) is 2.72. The standard InChI is InChI=1S/C20H21ClN4O3S2/c21-15-9-8-14(30(27,28)24-10-4-1-5-11-24)12-16(15)23-19(26)13-25-17-6-2-3-7-18(17)29-20(25)22/h2-3,6-9,12,22H,1,4-5,10-11,13H2,(H,23,26). The van der Waals surface area contributed by atoms with E-state index in [0.29, 0.717) is 13.1 Å². The van der Waals surface area contributed by atoms with Crippen molar-refractivity contribution in [1.29, 1.82) is 5.41 Å². The number of hydrogen-bond acceptors (Lipinski definition) is 5. The number of thiazole rings is 1. The first-order valence-electron chi connectivity index (χ1n) is 9.59. The van der Waals surface area contributed by atoms with Crippen molar-refractivity contribution in [3.8, 4) is 0 Å². The maximum absolute atomic E-state index is 12.9. The molecule has 4 rings (SSSR count). The third-order valence-electron chi connectivity index (χ3n) is 5.07. The Morgan fingerprint density at radius 1 is 1.13 bits per heavy atom. The molecule has 1 aliphatic rings. The summed E-state index contributed by atoms with van der Waals surface area (Å²) >= 11 is 7.51. The third-order valence-corrected chi connectivity index (χ3v) is 8.28. The van der Waals surface area contributed by atoms with E-state index in [1.165, 1.54) is 33.8 Å². The van der Waals surface area contributed by atoms with Crippen LogP contribution in [0.25, 0.3) is 10.2 Å². The Hall–Kier alpha value is -2.20. The summed E-state index contributed by atoms with van der Waals surface area (Å²) < 4.78 is 29.9. The van der Waals surface area contributed by atoms with E-state index in [2.05, 4.69) is 5.32 Å². The number of piperidine rings is 1. The minimum absolute atomic E-state index is 0.0672. The number of aromatic nitrogens is 1. The zero-order valence-corrected chi connectivity index (χ0v) is 18.5. The van der Waals surface area contributed by atoms with Gasteiger partial charge in [0.2, 0.25) is 15.9 Å². The Labute approximate surface area is 183 Å². The number of rotatable bonds is 5. The van der Waals surface area contributed by atoms with Crippen LogP contribution in [0.2, 0.25) is 5.02 Å². The Morgan fingerprint density at radius 2 is 1.87 bits per heavy atom. The summed E-state index contributed by atoms with van der Waals surface area (Å²) in [4.78, 5) is 13.0. The van der Waals surface area contributed by atoms with Crippen molar-refractivity contribution in [2.45, 2.75) is 30.7 Å². The predicted octanol–water partition coefficient (Wildman–Crippen LogP) is 3.65. The number of nitrogens with one attached hydrogen (secondary N) is 2. The van der Waals surface area contributed by atoms with Gasteiger partial charge in [-0.05, 0) is 43.2 Å². The monoisotopic (exact) mass is 464 g/mol. The molecule has 2 N–H and O–H groups in total. The van der Waals surface area contributed by atoms with E-state index in [9.17, 15) is 13.2 Å². The molecule has 1 amide bonds. The number of amides is 1. The van der Waals surface area contributed by atoms with E-state index in [1.54, 1.807) is 4.57 Å². The maximum Gasteiger partial charge on any atom is 0.244 e. The molecule has 7 nitrogen and oxygen atoms in total. The van der Waals surface area contributed by atoms with Crippen LogP contribution in [0.3, 0.4) is 0 Å². The summed E-state index contributed by atoms with van der Waals surface area (Å²) in [5.74, 6) is -0.383. The number of hydrogen-bond donors (Lipinski definition) is 2. The molecule has 0 unspecified atom stereocenters. The number of carbonyl (C=O) groups is 1. The second kappa shape index (κ2) is 8.50. The number of halogens is 1. The van der Waals surface area contributed by atoms with Gasteiger partial charge in [-0.25, -0.2) is 8.42 Å². The van der Waals surface area contributed by atoms with Crippen molar-refractivity contribution in [3.05, 3.63) is 52.3 Å². The van der Waals surface area contributed by atoms with Crippen LogP contribution < -0.4 is 10.1 Å². The Kier molecular flexibility index (Phi) is 5.97. The molecule has 0 aliphatic carbocycles. The molecular formula is C20H21ClN4O3S2. The highest BCUT2D eigenvalue weighted by molar-refractivity contribution is 7.89. The van der Waals surface area contributed by atoms with Gasteiger partial charge < -0.3 is 9.88 Å². The van der Waals surface area contributed by atoms with E-state index in [4.69, 9.17) is 17.0 Å². The second-order valence-electron chi connectivity index (χ2n) is 7.12. The summed E-state index contributed by atoms with van der Waals surface area (Å²) in [5.41, 5.74) is 1.04. The van der Waals surface area contributed by atoms with Crippen LogP contribution in [0.5, 0.6) is 0 Å². The van der Waals surface area contributed by atoms with Crippen LogP contribution >= 0.6 is 22.9 Å². The lowest BCUT2D eigenvalue weighted by Gasteiger charge is -2.26. The topological polar surface area (TPSA) is 95.3 Å². The summed E-state index contributed by atoms with van der Waals surface area (Å²) in [6, 6.07) is 11.9. The summed E-state index contributed by atoms with van der Waals surface area (Å²) in [5, 5.41) is 11.1. The van der Waals surface area contributed by atoms with E-state index >= 15 is 0 Å². The highest BCUT2D eigenvalue weighted by atomic mass is 35.5. The van der Waals surface area contributed by atoms with Gasteiger partial charge in [-0.1, -0.05) is 41.5 Å². The SMILES string of the molecule is N=c1sc2ccccc2n1CC(=O)Nc1cc(S(=O)(=O)N2CCCCC2)ccc1Cl. The van der Waals surface area contributed by atoms with E-state index in [1.807, 2.05) is 24.3 Å². The average molecular weight is 465 g/mol. The molecule has 1 aromatic heterocycles. The third kappa shape index (κ3) is 4.15. The van der Waals surface area contributed by atoms with Gasteiger partial charge in [0, 0.05) is 13.1 Å². The lowest BCUT2D eigenvalue weighted by Crippen LogP contribution is -2.35. The zero-order chi connectivity index (χ0) is 21.3. The first-order chi connectivity index (χ1) is 14.4. The summed E-state index contributed by atoms with van der Waals surface area (Å²) in [6.45, 7) is 0.934. The Morgan fingerprint density at radius 3 is 2.63 bits per heavy atom. The van der Waals surface area contributed by atoms with Crippen molar-refractivity contribution in [3.63, 3.8) is 0 Å². The van der Waals surface area contributed by atoms with Gasteiger partial charge in [0.05, 0.1) is 25.8 Å². The van der Waals surface area contributed by atoms with Crippen LogP contribution in [0.4, 0.5) is 5.69 Å². The molecule has 0 atom stereocenters. The van der Waals surface area contributed by atoms with Crippen LogP contribution in [0.1, 0.15) is 19.3 Å². The lowest BCUT2D eigenvalue weighted by atomic mass is 10.2. The number of para-hydroxylation sites is 1. The van der Waals surface area contributed by atoms with Gasteiger partial charge in [0.1, 0.15) is 6.54 Å². The minimum Gasteiger partial charge on any atom is -0.323 e. The number of benzene rings is 2. The molecule has 2 aromatic carbocycles. The van der Waals surface area contributed by atoms with Gasteiger partial charge in [-0.2, -0.15) is 4.31 Å². The molecule has 0 radical (unpaired) electrons. The van der Waals surface area contributed by atoms with Gasteiger partial charge in [-0.15, -0.1) is 0 Å². The number of carbonyl (C=O) groups excluding carboxylic acids is 1. The first kappa shape index (κ1) is 21.0. The number of fused-ring (bicyclic) bond motifs is 1. The quantitative estimate of drug-likeness (QED) is 0.603. The van der Waals surface area contributed by atoms with Crippen LogP contribution in [-0.4, -0.2) is 36.3 Å². The highest BCUT2D eigenvalue weighted by Gasteiger charge is 2.26. The van der Waals surface area contributed by atoms with Crippen molar-refractivity contribution in [1.82, 2.24) is 8.87 Å². The molecule has 30 heavy (non-hydrogen) atoms. The molecule has 10 heteroatoms. The Balaban J connectivity index is 1.57. The van der Waals surface area contributed by atoms with E-state index < -0.39 is 10.0 Å². The predicted molar refractivity (Wildman–Crippen MR) is 118 cm³/mol. The fraction of sp³-hybridized carbons (Fsp3) is 0.300.